The Morgan fingerprint density at radius 3 is 2.14 bits per heavy atom. The number of benzene rings is 1. The number of rotatable bonds is 8. The van der Waals surface area contributed by atoms with E-state index in [2.05, 4.69) is 18.6 Å². The SMILES string of the molecule is CCCC(CCC)COC(=O)c1ccc(OC(=O)OC)cc1. The molecule has 1 aromatic rings. The van der Waals surface area contributed by atoms with Crippen molar-refractivity contribution in [1.82, 2.24) is 0 Å². The Morgan fingerprint density at radius 2 is 1.64 bits per heavy atom. The molecule has 0 aliphatic heterocycles. The predicted molar refractivity (Wildman–Crippen MR) is 83.1 cm³/mol. The van der Waals surface area contributed by atoms with Crippen molar-refractivity contribution in [2.45, 2.75) is 39.5 Å². The molecule has 0 saturated carbocycles. The average Bonchev–Trinajstić information content (AvgIpc) is 2.53. The maximum absolute atomic E-state index is 12.0. The minimum absolute atomic E-state index is 0.318. The Morgan fingerprint density at radius 1 is 1.05 bits per heavy atom. The highest BCUT2D eigenvalue weighted by Gasteiger charge is 2.13. The van der Waals surface area contributed by atoms with Crippen LogP contribution in [-0.2, 0) is 9.47 Å². The van der Waals surface area contributed by atoms with Gasteiger partial charge in [-0.3, -0.25) is 0 Å². The van der Waals surface area contributed by atoms with E-state index in [4.69, 9.17) is 9.47 Å². The second-order valence-corrected chi connectivity index (χ2v) is 5.12. The summed E-state index contributed by atoms with van der Waals surface area (Å²) >= 11 is 0. The molecular formula is C17H24O5. The molecule has 1 aromatic carbocycles. The van der Waals surface area contributed by atoms with Crippen LogP contribution >= 0.6 is 0 Å². The molecular weight excluding hydrogens is 284 g/mol. The van der Waals surface area contributed by atoms with Crippen LogP contribution in [0.25, 0.3) is 0 Å². The maximum Gasteiger partial charge on any atom is 0.513 e. The summed E-state index contributed by atoms with van der Waals surface area (Å²) in [6, 6.07) is 6.19. The van der Waals surface area contributed by atoms with Gasteiger partial charge in [0.2, 0.25) is 0 Å². The summed E-state index contributed by atoms with van der Waals surface area (Å²) < 4.78 is 14.6. The molecule has 0 amide bonds. The van der Waals surface area contributed by atoms with Gasteiger partial charge in [0.05, 0.1) is 19.3 Å². The predicted octanol–water partition coefficient (Wildman–Crippen LogP) is 4.21. The van der Waals surface area contributed by atoms with Crippen LogP contribution in [0.5, 0.6) is 5.75 Å². The minimum Gasteiger partial charge on any atom is -0.462 e. The Balaban J connectivity index is 2.52. The maximum atomic E-state index is 12.0. The average molecular weight is 308 g/mol. The second kappa shape index (κ2) is 9.82. The fourth-order valence-corrected chi connectivity index (χ4v) is 2.20. The summed E-state index contributed by atoms with van der Waals surface area (Å²) in [6.07, 6.45) is 3.50. The van der Waals surface area contributed by atoms with Crippen molar-refractivity contribution < 1.29 is 23.8 Å². The highest BCUT2D eigenvalue weighted by Crippen LogP contribution is 2.16. The van der Waals surface area contributed by atoms with Gasteiger partial charge in [-0.05, 0) is 43.0 Å². The van der Waals surface area contributed by atoms with Gasteiger partial charge in [-0.1, -0.05) is 26.7 Å². The van der Waals surface area contributed by atoms with Crippen LogP contribution in [0.4, 0.5) is 4.79 Å². The lowest BCUT2D eigenvalue weighted by molar-refractivity contribution is 0.0425. The quantitative estimate of drug-likeness (QED) is 0.532. The second-order valence-electron chi connectivity index (χ2n) is 5.12. The molecule has 0 heterocycles. The number of esters is 1. The standard InChI is InChI=1S/C17H24O5/c1-4-6-13(7-5-2)12-21-16(18)14-8-10-15(11-9-14)22-17(19)20-3/h8-11,13H,4-7,12H2,1-3H3. The van der Waals surface area contributed by atoms with Crippen molar-refractivity contribution in [2.24, 2.45) is 5.92 Å². The molecule has 122 valence electrons. The molecule has 1 rings (SSSR count). The van der Waals surface area contributed by atoms with Crippen LogP contribution in [0, 0.1) is 5.92 Å². The van der Waals surface area contributed by atoms with Gasteiger partial charge in [0.25, 0.3) is 0 Å². The first-order valence-corrected chi connectivity index (χ1v) is 7.63. The molecule has 0 saturated heterocycles. The Labute approximate surface area is 131 Å². The normalized spacial score (nSPS) is 10.4. The molecule has 0 aliphatic rings. The van der Waals surface area contributed by atoms with Crippen LogP contribution in [0.1, 0.15) is 49.9 Å². The molecule has 0 fully saturated rings. The Bertz CT molecular complexity index is 460. The highest BCUT2D eigenvalue weighted by molar-refractivity contribution is 5.89. The molecule has 0 bridgehead atoms. The third-order valence-electron chi connectivity index (χ3n) is 3.30. The zero-order valence-corrected chi connectivity index (χ0v) is 13.5. The molecule has 0 aromatic heterocycles. The van der Waals surface area contributed by atoms with E-state index >= 15 is 0 Å². The number of hydrogen-bond acceptors (Lipinski definition) is 5. The summed E-state index contributed by atoms with van der Waals surface area (Å²) in [6.45, 7) is 4.70. The Hall–Kier alpha value is -2.04. The van der Waals surface area contributed by atoms with Crippen LogP contribution in [0.3, 0.4) is 0 Å². The molecule has 5 nitrogen and oxygen atoms in total. The van der Waals surface area contributed by atoms with E-state index in [-0.39, 0.29) is 5.97 Å². The lowest BCUT2D eigenvalue weighted by Crippen LogP contribution is -2.14. The van der Waals surface area contributed by atoms with Crippen molar-refractivity contribution in [3.8, 4) is 5.75 Å². The van der Waals surface area contributed by atoms with E-state index in [1.54, 1.807) is 12.1 Å². The third-order valence-corrected chi connectivity index (χ3v) is 3.30. The monoisotopic (exact) mass is 308 g/mol. The summed E-state index contributed by atoms with van der Waals surface area (Å²) in [4.78, 5) is 23.0. The first-order valence-electron chi connectivity index (χ1n) is 7.63. The number of hydrogen-bond donors (Lipinski definition) is 0. The molecule has 0 radical (unpaired) electrons. The van der Waals surface area contributed by atoms with Gasteiger partial charge in [-0.25, -0.2) is 9.59 Å². The van der Waals surface area contributed by atoms with E-state index in [9.17, 15) is 9.59 Å². The van der Waals surface area contributed by atoms with Crippen molar-refractivity contribution in [2.75, 3.05) is 13.7 Å². The van der Waals surface area contributed by atoms with Gasteiger partial charge in [0, 0.05) is 0 Å². The zero-order valence-electron chi connectivity index (χ0n) is 13.5. The zero-order chi connectivity index (χ0) is 16.4. The van der Waals surface area contributed by atoms with Gasteiger partial charge < -0.3 is 14.2 Å². The van der Waals surface area contributed by atoms with Gasteiger partial charge in [-0.2, -0.15) is 0 Å². The number of carbonyl (C=O) groups excluding carboxylic acids is 2. The van der Waals surface area contributed by atoms with Gasteiger partial charge in [0.1, 0.15) is 5.75 Å². The van der Waals surface area contributed by atoms with Crippen molar-refractivity contribution in [1.29, 1.82) is 0 Å². The summed E-state index contributed by atoms with van der Waals surface area (Å²) in [7, 11) is 1.23. The van der Waals surface area contributed by atoms with Gasteiger partial charge in [-0.15, -0.1) is 0 Å². The first kappa shape index (κ1) is 18.0. The molecule has 0 aliphatic carbocycles. The minimum atomic E-state index is -0.794. The largest absolute Gasteiger partial charge is 0.513 e. The molecule has 5 heteroatoms. The first-order chi connectivity index (χ1) is 10.6. The fraction of sp³-hybridized carbons (Fsp3) is 0.529. The highest BCUT2D eigenvalue weighted by atomic mass is 16.7. The van der Waals surface area contributed by atoms with Crippen molar-refractivity contribution in [3.63, 3.8) is 0 Å². The van der Waals surface area contributed by atoms with E-state index in [0.717, 1.165) is 25.7 Å². The van der Waals surface area contributed by atoms with Crippen LogP contribution in [0.15, 0.2) is 24.3 Å². The van der Waals surface area contributed by atoms with E-state index < -0.39 is 6.16 Å². The molecule has 22 heavy (non-hydrogen) atoms. The summed E-state index contributed by atoms with van der Waals surface area (Å²) in [5.41, 5.74) is 0.434. The third kappa shape index (κ3) is 6.16. The molecule has 0 N–H and O–H groups in total. The van der Waals surface area contributed by atoms with Crippen LogP contribution in [0.2, 0.25) is 0 Å². The summed E-state index contributed by atoms with van der Waals surface area (Å²) in [5.74, 6) is 0.376. The smallest absolute Gasteiger partial charge is 0.462 e. The fourth-order valence-electron chi connectivity index (χ4n) is 2.20. The van der Waals surface area contributed by atoms with Crippen LogP contribution < -0.4 is 4.74 Å². The number of methoxy groups -OCH3 is 1. The topological polar surface area (TPSA) is 61.8 Å². The van der Waals surface area contributed by atoms with E-state index in [1.807, 2.05) is 0 Å². The van der Waals surface area contributed by atoms with Crippen molar-refractivity contribution >= 4 is 12.1 Å². The summed E-state index contributed by atoms with van der Waals surface area (Å²) in [5, 5.41) is 0. The Kier molecular flexibility index (Phi) is 8.04. The van der Waals surface area contributed by atoms with Crippen molar-refractivity contribution in [3.05, 3.63) is 29.8 Å². The molecule has 0 unspecified atom stereocenters. The van der Waals surface area contributed by atoms with E-state index in [1.165, 1.54) is 19.2 Å². The van der Waals surface area contributed by atoms with Gasteiger partial charge >= 0.3 is 12.1 Å². The molecule has 0 atom stereocenters. The lowest BCUT2D eigenvalue weighted by atomic mass is 9.99. The van der Waals surface area contributed by atoms with Crippen LogP contribution in [-0.4, -0.2) is 25.8 Å². The number of carbonyl (C=O) groups is 2. The molecule has 0 spiro atoms. The lowest BCUT2D eigenvalue weighted by Gasteiger charge is -2.15. The van der Waals surface area contributed by atoms with Gasteiger partial charge in [0.15, 0.2) is 0 Å². The van der Waals surface area contributed by atoms with E-state index in [0.29, 0.717) is 23.8 Å². The number of ether oxygens (including phenoxy) is 3.